The molecule has 1 aromatic heterocycles. The van der Waals surface area contributed by atoms with Crippen molar-refractivity contribution in [2.24, 2.45) is 5.92 Å². The number of pyridine rings is 1. The molecule has 0 radical (unpaired) electrons. The van der Waals surface area contributed by atoms with Crippen LogP contribution in [0, 0.1) is 5.92 Å². The summed E-state index contributed by atoms with van der Waals surface area (Å²) in [6.07, 6.45) is 6.56. The van der Waals surface area contributed by atoms with Gasteiger partial charge in [-0.1, -0.05) is 39.7 Å². The summed E-state index contributed by atoms with van der Waals surface area (Å²) in [4.78, 5) is 7.44. The fourth-order valence-corrected chi connectivity index (χ4v) is 3.12. The molecule has 1 unspecified atom stereocenters. The topological polar surface area (TPSA) is 28.2 Å². The van der Waals surface area contributed by atoms with Gasteiger partial charge in [0.15, 0.2) is 0 Å². The van der Waals surface area contributed by atoms with Gasteiger partial charge in [-0.25, -0.2) is 4.98 Å². The molecule has 1 atom stereocenters. The molecule has 3 heteroatoms. The third-order valence-electron chi connectivity index (χ3n) is 4.29. The van der Waals surface area contributed by atoms with Crippen LogP contribution in [0.1, 0.15) is 58.6 Å². The molecule has 0 aromatic carbocycles. The Morgan fingerprint density at radius 3 is 2.90 bits per heavy atom. The van der Waals surface area contributed by atoms with Crippen LogP contribution in [0.2, 0.25) is 0 Å². The molecular formula is C18H31N3. The zero-order chi connectivity index (χ0) is 15.1. The standard InChI is InChI=1S/C18H31N3/c1-4-17-10-6-5-7-12-21(17)18-11-8-9-16(20-18)14-19-13-15(2)3/h8-9,11,15,17,19H,4-7,10,12-14H2,1-3H3. The van der Waals surface area contributed by atoms with Gasteiger partial charge in [0.05, 0.1) is 5.69 Å². The predicted molar refractivity (Wildman–Crippen MR) is 90.7 cm³/mol. The maximum absolute atomic E-state index is 4.90. The molecule has 0 spiro atoms. The average molecular weight is 289 g/mol. The van der Waals surface area contributed by atoms with Gasteiger partial charge in [0.2, 0.25) is 0 Å². The lowest BCUT2D eigenvalue weighted by Crippen LogP contribution is -2.35. The molecular weight excluding hydrogens is 258 g/mol. The van der Waals surface area contributed by atoms with Gasteiger partial charge in [-0.2, -0.15) is 0 Å². The molecule has 1 aliphatic heterocycles. The third-order valence-corrected chi connectivity index (χ3v) is 4.29. The van der Waals surface area contributed by atoms with Crippen molar-refractivity contribution in [1.82, 2.24) is 10.3 Å². The van der Waals surface area contributed by atoms with E-state index in [1.54, 1.807) is 0 Å². The molecule has 2 heterocycles. The van der Waals surface area contributed by atoms with E-state index in [4.69, 9.17) is 4.98 Å². The number of hydrogen-bond acceptors (Lipinski definition) is 3. The molecule has 1 aliphatic rings. The number of rotatable bonds is 6. The van der Waals surface area contributed by atoms with Crippen LogP contribution in [0.15, 0.2) is 18.2 Å². The van der Waals surface area contributed by atoms with Crippen molar-refractivity contribution in [3.63, 3.8) is 0 Å². The summed E-state index contributed by atoms with van der Waals surface area (Å²) in [7, 11) is 0. The van der Waals surface area contributed by atoms with Crippen molar-refractivity contribution in [3.05, 3.63) is 23.9 Å². The number of aromatic nitrogens is 1. The average Bonchev–Trinajstić information content (AvgIpc) is 2.72. The Kier molecular flexibility index (Phi) is 6.50. The minimum Gasteiger partial charge on any atom is -0.354 e. The SMILES string of the molecule is CCC1CCCCCN1c1cccc(CNCC(C)C)n1. The Balaban J connectivity index is 2.04. The van der Waals surface area contributed by atoms with E-state index in [2.05, 4.69) is 49.2 Å². The second-order valence-electron chi connectivity index (χ2n) is 6.62. The number of hydrogen-bond donors (Lipinski definition) is 1. The Bertz CT molecular complexity index is 417. The highest BCUT2D eigenvalue weighted by molar-refractivity contribution is 5.40. The zero-order valence-corrected chi connectivity index (χ0v) is 13.9. The van der Waals surface area contributed by atoms with Crippen LogP contribution in [-0.2, 0) is 6.54 Å². The maximum Gasteiger partial charge on any atom is 0.129 e. The van der Waals surface area contributed by atoms with Crippen LogP contribution in [0.4, 0.5) is 5.82 Å². The van der Waals surface area contributed by atoms with E-state index < -0.39 is 0 Å². The molecule has 1 N–H and O–H groups in total. The highest BCUT2D eigenvalue weighted by Crippen LogP contribution is 2.24. The second kappa shape index (κ2) is 8.38. The van der Waals surface area contributed by atoms with Crippen molar-refractivity contribution in [2.45, 2.75) is 65.5 Å². The molecule has 2 rings (SSSR count). The first-order chi connectivity index (χ1) is 10.2. The normalized spacial score (nSPS) is 19.8. The first-order valence-corrected chi connectivity index (χ1v) is 8.64. The molecule has 21 heavy (non-hydrogen) atoms. The molecule has 0 bridgehead atoms. The highest BCUT2D eigenvalue weighted by atomic mass is 15.2. The van der Waals surface area contributed by atoms with E-state index in [0.29, 0.717) is 12.0 Å². The lowest BCUT2D eigenvalue weighted by molar-refractivity contribution is 0.541. The lowest BCUT2D eigenvalue weighted by Gasteiger charge is -2.30. The molecule has 1 aromatic rings. The van der Waals surface area contributed by atoms with Gasteiger partial charge in [0.1, 0.15) is 5.82 Å². The minimum atomic E-state index is 0.666. The van der Waals surface area contributed by atoms with Gasteiger partial charge in [-0.05, 0) is 43.9 Å². The van der Waals surface area contributed by atoms with E-state index in [1.807, 2.05) is 0 Å². The van der Waals surface area contributed by atoms with Crippen molar-refractivity contribution in [3.8, 4) is 0 Å². The fourth-order valence-electron chi connectivity index (χ4n) is 3.12. The first kappa shape index (κ1) is 16.3. The van der Waals surface area contributed by atoms with E-state index in [0.717, 1.165) is 25.3 Å². The summed E-state index contributed by atoms with van der Waals surface area (Å²) in [5.74, 6) is 1.86. The molecule has 0 amide bonds. The molecule has 3 nitrogen and oxygen atoms in total. The van der Waals surface area contributed by atoms with Crippen molar-refractivity contribution >= 4 is 5.82 Å². The highest BCUT2D eigenvalue weighted by Gasteiger charge is 2.20. The van der Waals surface area contributed by atoms with Gasteiger partial charge in [-0.15, -0.1) is 0 Å². The van der Waals surface area contributed by atoms with Crippen molar-refractivity contribution < 1.29 is 0 Å². The van der Waals surface area contributed by atoms with Crippen LogP contribution in [0.25, 0.3) is 0 Å². The summed E-state index contributed by atoms with van der Waals surface area (Å²) < 4.78 is 0. The summed E-state index contributed by atoms with van der Waals surface area (Å²) in [6, 6.07) is 7.14. The number of nitrogens with zero attached hydrogens (tertiary/aromatic N) is 2. The van der Waals surface area contributed by atoms with Gasteiger partial charge in [0.25, 0.3) is 0 Å². The van der Waals surface area contributed by atoms with E-state index in [1.165, 1.54) is 37.9 Å². The predicted octanol–water partition coefficient (Wildman–Crippen LogP) is 3.99. The third kappa shape index (κ3) is 4.99. The largest absolute Gasteiger partial charge is 0.354 e. The Morgan fingerprint density at radius 1 is 1.29 bits per heavy atom. The van der Waals surface area contributed by atoms with Gasteiger partial charge in [0, 0.05) is 19.1 Å². The van der Waals surface area contributed by atoms with Gasteiger partial charge < -0.3 is 10.2 Å². The van der Waals surface area contributed by atoms with Crippen molar-refractivity contribution in [2.75, 3.05) is 18.0 Å². The Morgan fingerprint density at radius 2 is 2.14 bits per heavy atom. The van der Waals surface area contributed by atoms with Crippen LogP contribution in [-0.4, -0.2) is 24.1 Å². The molecule has 1 fully saturated rings. The summed E-state index contributed by atoms with van der Waals surface area (Å²) >= 11 is 0. The van der Waals surface area contributed by atoms with E-state index >= 15 is 0 Å². The maximum atomic E-state index is 4.90. The monoisotopic (exact) mass is 289 g/mol. The molecule has 0 aliphatic carbocycles. The minimum absolute atomic E-state index is 0.666. The lowest BCUT2D eigenvalue weighted by atomic mass is 10.1. The van der Waals surface area contributed by atoms with Crippen LogP contribution >= 0.6 is 0 Å². The number of nitrogens with one attached hydrogen (secondary N) is 1. The zero-order valence-electron chi connectivity index (χ0n) is 13.9. The van der Waals surface area contributed by atoms with Crippen LogP contribution in [0.5, 0.6) is 0 Å². The molecule has 0 saturated carbocycles. The smallest absolute Gasteiger partial charge is 0.129 e. The second-order valence-corrected chi connectivity index (χ2v) is 6.62. The Labute approximate surface area is 130 Å². The molecule has 118 valence electrons. The van der Waals surface area contributed by atoms with Gasteiger partial charge >= 0.3 is 0 Å². The summed E-state index contributed by atoms with van der Waals surface area (Å²) in [5, 5.41) is 3.49. The quantitative estimate of drug-likeness (QED) is 0.858. The Hall–Kier alpha value is -1.09. The fraction of sp³-hybridized carbons (Fsp3) is 0.722. The summed E-state index contributed by atoms with van der Waals surface area (Å²) in [5.41, 5.74) is 1.16. The van der Waals surface area contributed by atoms with E-state index in [9.17, 15) is 0 Å². The number of anilines is 1. The van der Waals surface area contributed by atoms with Crippen molar-refractivity contribution in [1.29, 1.82) is 0 Å². The van der Waals surface area contributed by atoms with Crippen LogP contribution in [0.3, 0.4) is 0 Å². The van der Waals surface area contributed by atoms with Gasteiger partial charge in [-0.3, -0.25) is 0 Å². The first-order valence-electron chi connectivity index (χ1n) is 8.64. The molecule has 1 saturated heterocycles. The van der Waals surface area contributed by atoms with Crippen LogP contribution < -0.4 is 10.2 Å². The summed E-state index contributed by atoms with van der Waals surface area (Å²) in [6.45, 7) is 9.86. The van der Waals surface area contributed by atoms with E-state index in [-0.39, 0.29) is 0 Å².